The van der Waals surface area contributed by atoms with Crippen molar-refractivity contribution >= 4 is 10.8 Å². The average Bonchev–Trinajstić information content (AvgIpc) is 2.61. The molecule has 3 rings (SSSR count). The monoisotopic (exact) mass is 300 g/mol. The van der Waals surface area contributed by atoms with Crippen molar-refractivity contribution in [3.63, 3.8) is 0 Å². The molecule has 0 N–H and O–H groups in total. The summed E-state index contributed by atoms with van der Waals surface area (Å²) in [7, 11) is 0. The molecule has 0 saturated heterocycles. The number of aryl methyl sites for hydroxylation is 2. The van der Waals surface area contributed by atoms with E-state index >= 15 is 0 Å². The van der Waals surface area contributed by atoms with Gasteiger partial charge in [0.1, 0.15) is 0 Å². The summed E-state index contributed by atoms with van der Waals surface area (Å²) in [5, 5.41) is 2.65. The molecule has 0 aliphatic carbocycles. The second kappa shape index (κ2) is 7.28. The van der Waals surface area contributed by atoms with Crippen LogP contribution in [0.15, 0.2) is 72.8 Å². The highest BCUT2D eigenvalue weighted by molar-refractivity contribution is 5.87. The van der Waals surface area contributed by atoms with Crippen LogP contribution in [-0.4, -0.2) is 0 Å². The summed E-state index contributed by atoms with van der Waals surface area (Å²) in [5.74, 6) is 0. The van der Waals surface area contributed by atoms with Gasteiger partial charge in [0.25, 0.3) is 0 Å². The highest BCUT2D eigenvalue weighted by Crippen LogP contribution is 2.26. The molecule has 116 valence electrons. The second-order valence-electron chi connectivity index (χ2n) is 6.05. The van der Waals surface area contributed by atoms with E-state index in [0.29, 0.717) is 0 Å². The van der Waals surface area contributed by atoms with Gasteiger partial charge in [-0.15, -0.1) is 0 Å². The molecule has 0 unspecified atom stereocenters. The van der Waals surface area contributed by atoms with Gasteiger partial charge in [-0.3, -0.25) is 0 Å². The average molecular weight is 300 g/mol. The number of allylic oxidation sites excluding steroid dienone is 2. The van der Waals surface area contributed by atoms with Crippen molar-refractivity contribution in [3.05, 3.63) is 83.9 Å². The van der Waals surface area contributed by atoms with Crippen LogP contribution in [0.4, 0.5) is 0 Å². The SMILES string of the molecule is C/C=C/CCc1ccc2cc(-c3ccc(CC)cc3)ccc2c1. The second-order valence-corrected chi connectivity index (χ2v) is 6.05. The van der Waals surface area contributed by atoms with Gasteiger partial charge in [0.15, 0.2) is 0 Å². The van der Waals surface area contributed by atoms with Crippen molar-refractivity contribution in [2.75, 3.05) is 0 Å². The molecule has 0 aromatic heterocycles. The van der Waals surface area contributed by atoms with Gasteiger partial charge < -0.3 is 0 Å². The first-order chi connectivity index (χ1) is 11.3. The molecule has 0 spiro atoms. The number of fused-ring (bicyclic) bond motifs is 1. The summed E-state index contributed by atoms with van der Waals surface area (Å²) < 4.78 is 0. The van der Waals surface area contributed by atoms with E-state index in [4.69, 9.17) is 0 Å². The highest BCUT2D eigenvalue weighted by atomic mass is 14.1. The van der Waals surface area contributed by atoms with E-state index in [1.165, 1.54) is 33.0 Å². The maximum absolute atomic E-state index is 2.32. The van der Waals surface area contributed by atoms with Gasteiger partial charge >= 0.3 is 0 Å². The quantitative estimate of drug-likeness (QED) is 0.467. The van der Waals surface area contributed by atoms with Crippen molar-refractivity contribution in [1.82, 2.24) is 0 Å². The van der Waals surface area contributed by atoms with E-state index in [9.17, 15) is 0 Å². The molecule has 0 aliphatic heterocycles. The van der Waals surface area contributed by atoms with Crippen LogP contribution in [0.1, 0.15) is 31.4 Å². The van der Waals surface area contributed by atoms with Crippen LogP contribution in [0.25, 0.3) is 21.9 Å². The molecular weight excluding hydrogens is 276 g/mol. The lowest BCUT2D eigenvalue weighted by Crippen LogP contribution is -1.85. The standard InChI is InChI=1S/C23H24/c1-3-5-6-7-19-10-13-23-17-22(15-14-21(23)16-19)20-11-8-18(4-2)9-12-20/h3,5,8-17H,4,6-7H2,1-2H3/b5-3+. The first-order valence-corrected chi connectivity index (χ1v) is 8.53. The molecule has 0 nitrogen and oxygen atoms in total. The largest absolute Gasteiger partial charge is 0.0917 e. The van der Waals surface area contributed by atoms with E-state index in [0.717, 1.165) is 19.3 Å². The van der Waals surface area contributed by atoms with Crippen LogP contribution in [-0.2, 0) is 12.8 Å². The van der Waals surface area contributed by atoms with E-state index in [1.54, 1.807) is 0 Å². The van der Waals surface area contributed by atoms with Crippen LogP contribution < -0.4 is 0 Å². The molecule has 0 aliphatic rings. The van der Waals surface area contributed by atoms with Crippen molar-refractivity contribution < 1.29 is 0 Å². The minimum atomic E-state index is 1.09. The molecule has 3 aromatic rings. The van der Waals surface area contributed by atoms with Gasteiger partial charge in [0, 0.05) is 0 Å². The first kappa shape index (κ1) is 15.6. The lowest BCUT2D eigenvalue weighted by molar-refractivity contribution is 1.00. The zero-order chi connectivity index (χ0) is 16.1. The summed E-state index contributed by atoms with van der Waals surface area (Å²) in [5.41, 5.74) is 5.39. The number of hydrogen-bond donors (Lipinski definition) is 0. The summed E-state index contributed by atoms with van der Waals surface area (Å²) in [4.78, 5) is 0. The summed E-state index contributed by atoms with van der Waals surface area (Å²) in [6, 6.07) is 22.5. The molecular formula is C23H24. The Bertz CT molecular complexity index is 807. The molecule has 0 fully saturated rings. The molecule has 0 bridgehead atoms. The zero-order valence-electron chi connectivity index (χ0n) is 14.0. The Hall–Kier alpha value is -2.34. The lowest BCUT2D eigenvalue weighted by Gasteiger charge is -2.07. The minimum Gasteiger partial charge on any atom is -0.0917 e. The normalized spacial score (nSPS) is 11.4. The summed E-state index contributed by atoms with van der Waals surface area (Å²) >= 11 is 0. The first-order valence-electron chi connectivity index (χ1n) is 8.53. The molecule has 0 atom stereocenters. The van der Waals surface area contributed by atoms with E-state index in [2.05, 4.69) is 86.7 Å². The maximum Gasteiger partial charge on any atom is -0.0178 e. The Labute approximate surface area is 139 Å². The zero-order valence-corrected chi connectivity index (χ0v) is 14.0. The number of hydrogen-bond acceptors (Lipinski definition) is 0. The van der Waals surface area contributed by atoms with Gasteiger partial charge in [-0.2, -0.15) is 0 Å². The highest BCUT2D eigenvalue weighted by Gasteiger charge is 2.01. The third kappa shape index (κ3) is 3.71. The van der Waals surface area contributed by atoms with Crippen molar-refractivity contribution in [3.8, 4) is 11.1 Å². The molecule has 0 amide bonds. The van der Waals surface area contributed by atoms with Crippen LogP contribution in [0.3, 0.4) is 0 Å². The number of rotatable bonds is 5. The molecule has 0 saturated carbocycles. The Kier molecular flexibility index (Phi) is 4.92. The van der Waals surface area contributed by atoms with E-state index in [1.807, 2.05) is 0 Å². The molecule has 0 heterocycles. The lowest BCUT2D eigenvalue weighted by atomic mass is 9.98. The van der Waals surface area contributed by atoms with E-state index in [-0.39, 0.29) is 0 Å². The van der Waals surface area contributed by atoms with Crippen molar-refractivity contribution in [2.45, 2.75) is 33.1 Å². The molecule has 0 heteroatoms. The third-order valence-corrected chi connectivity index (χ3v) is 4.44. The fourth-order valence-corrected chi connectivity index (χ4v) is 2.98. The fourth-order valence-electron chi connectivity index (χ4n) is 2.98. The van der Waals surface area contributed by atoms with Crippen LogP contribution in [0.5, 0.6) is 0 Å². The van der Waals surface area contributed by atoms with Gasteiger partial charge in [-0.05, 0) is 65.3 Å². The third-order valence-electron chi connectivity index (χ3n) is 4.44. The molecule has 3 aromatic carbocycles. The van der Waals surface area contributed by atoms with Crippen LogP contribution >= 0.6 is 0 Å². The van der Waals surface area contributed by atoms with Gasteiger partial charge in [-0.25, -0.2) is 0 Å². The summed E-state index contributed by atoms with van der Waals surface area (Å²) in [6.45, 7) is 4.27. The molecule has 0 radical (unpaired) electrons. The Balaban J connectivity index is 1.88. The maximum atomic E-state index is 2.32. The van der Waals surface area contributed by atoms with Crippen molar-refractivity contribution in [1.29, 1.82) is 0 Å². The Morgan fingerprint density at radius 2 is 1.39 bits per heavy atom. The minimum absolute atomic E-state index is 1.09. The Morgan fingerprint density at radius 3 is 2.13 bits per heavy atom. The van der Waals surface area contributed by atoms with Crippen LogP contribution in [0, 0.1) is 0 Å². The van der Waals surface area contributed by atoms with Gasteiger partial charge in [-0.1, -0.05) is 73.7 Å². The molecule has 23 heavy (non-hydrogen) atoms. The van der Waals surface area contributed by atoms with Crippen molar-refractivity contribution in [2.24, 2.45) is 0 Å². The predicted octanol–water partition coefficient (Wildman–Crippen LogP) is 6.58. The predicted molar refractivity (Wildman–Crippen MR) is 102 cm³/mol. The van der Waals surface area contributed by atoms with Gasteiger partial charge in [0.2, 0.25) is 0 Å². The summed E-state index contributed by atoms with van der Waals surface area (Å²) in [6.07, 6.45) is 7.67. The smallest absolute Gasteiger partial charge is 0.0178 e. The fraction of sp³-hybridized carbons (Fsp3) is 0.217. The van der Waals surface area contributed by atoms with Crippen LogP contribution in [0.2, 0.25) is 0 Å². The van der Waals surface area contributed by atoms with E-state index < -0.39 is 0 Å². The van der Waals surface area contributed by atoms with Gasteiger partial charge in [0.05, 0.1) is 0 Å². The number of benzene rings is 3. The topological polar surface area (TPSA) is 0 Å². The Morgan fingerprint density at radius 1 is 0.739 bits per heavy atom.